The van der Waals surface area contributed by atoms with Crippen molar-refractivity contribution in [1.82, 2.24) is 0 Å². The van der Waals surface area contributed by atoms with Gasteiger partial charge in [0.2, 0.25) is 0 Å². The number of amides is 1. The third kappa shape index (κ3) is 2.88. The Morgan fingerprint density at radius 3 is 2.80 bits per heavy atom. The van der Waals surface area contributed by atoms with Crippen LogP contribution in [-0.4, -0.2) is 17.4 Å². The Bertz CT molecular complexity index is 618. The molecular formula is C15H15NO2S2. The first-order valence-electron chi connectivity index (χ1n) is 6.42. The van der Waals surface area contributed by atoms with E-state index >= 15 is 0 Å². The van der Waals surface area contributed by atoms with E-state index in [1.807, 2.05) is 48.6 Å². The number of hydrogen-bond donors (Lipinski definition) is 1. The fraction of sp³-hybridized carbons (Fsp3) is 0.267. The maximum Gasteiger partial charge on any atom is 0.291 e. The Morgan fingerprint density at radius 2 is 2.10 bits per heavy atom. The van der Waals surface area contributed by atoms with Crippen molar-refractivity contribution in [2.75, 3.05) is 16.8 Å². The number of anilines is 1. The van der Waals surface area contributed by atoms with Gasteiger partial charge in [-0.05, 0) is 30.7 Å². The maximum absolute atomic E-state index is 12.1. The standard InChI is InChI=1S/C15H15NO2S2/c1-10-5-6-18-13(10)14(17)16-12-4-2-3-11(9-12)15-19-7-8-20-15/h2-6,9,15H,7-8H2,1H3,(H,16,17). The molecule has 0 bridgehead atoms. The summed E-state index contributed by atoms with van der Waals surface area (Å²) in [5, 5.41) is 2.90. The van der Waals surface area contributed by atoms with Crippen molar-refractivity contribution in [2.24, 2.45) is 0 Å². The number of nitrogens with one attached hydrogen (secondary N) is 1. The fourth-order valence-electron chi connectivity index (χ4n) is 2.11. The Morgan fingerprint density at radius 1 is 1.30 bits per heavy atom. The van der Waals surface area contributed by atoms with Crippen LogP contribution in [0.5, 0.6) is 0 Å². The molecule has 104 valence electrons. The lowest BCUT2D eigenvalue weighted by Crippen LogP contribution is -2.12. The van der Waals surface area contributed by atoms with E-state index in [1.54, 1.807) is 6.07 Å². The van der Waals surface area contributed by atoms with Crippen LogP contribution in [0, 0.1) is 6.92 Å². The van der Waals surface area contributed by atoms with E-state index in [2.05, 4.69) is 11.4 Å². The van der Waals surface area contributed by atoms with Gasteiger partial charge in [-0.25, -0.2) is 0 Å². The van der Waals surface area contributed by atoms with Crippen LogP contribution in [0.2, 0.25) is 0 Å². The first kappa shape index (κ1) is 13.6. The molecule has 0 atom stereocenters. The molecule has 1 aliphatic rings. The molecule has 3 rings (SSSR count). The van der Waals surface area contributed by atoms with Crippen molar-refractivity contribution in [3.05, 3.63) is 53.5 Å². The van der Waals surface area contributed by atoms with E-state index in [0.717, 1.165) is 11.3 Å². The van der Waals surface area contributed by atoms with Crippen LogP contribution in [0.15, 0.2) is 41.0 Å². The molecule has 1 aromatic heterocycles. The third-order valence-corrected chi connectivity index (χ3v) is 6.21. The molecule has 2 aromatic rings. The zero-order chi connectivity index (χ0) is 13.9. The van der Waals surface area contributed by atoms with E-state index in [4.69, 9.17) is 4.42 Å². The van der Waals surface area contributed by atoms with Crippen molar-refractivity contribution >= 4 is 35.1 Å². The normalized spacial score (nSPS) is 15.4. The number of benzene rings is 1. The molecule has 20 heavy (non-hydrogen) atoms. The summed E-state index contributed by atoms with van der Waals surface area (Å²) in [6.45, 7) is 1.86. The highest BCUT2D eigenvalue weighted by atomic mass is 32.2. The molecule has 5 heteroatoms. The van der Waals surface area contributed by atoms with Crippen LogP contribution in [-0.2, 0) is 0 Å². The van der Waals surface area contributed by atoms with Gasteiger partial charge in [-0.2, -0.15) is 0 Å². The number of hydrogen-bond acceptors (Lipinski definition) is 4. The van der Waals surface area contributed by atoms with E-state index in [9.17, 15) is 4.79 Å². The smallest absolute Gasteiger partial charge is 0.291 e. The molecule has 1 fully saturated rings. The number of aryl methyl sites for hydroxylation is 1. The summed E-state index contributed by atoms with van der Waals surface area (Å²) in [4.78, 5) is 12.1. The number of carbonyl (C=O) groups excluding carboxylic acids is 1. The maximum atomic E-state index is 12.1. The lowest BCUT2D eigenvalue weighted by atomic mass is 10.2. The minimum absolute atomic E-state index is 0.198. The first-order chi connectivity index (χ1) is 9.74. The van der Waals surface area contributed by atoms with Crippen molar-refractivity contribution in [1.29, 1.82) is 0 Å². The lowest BCUT2D eigenvalue weighted by Gasteiger charge is -2.10. The van der Waals surface area contributed by atoms with Gasteiger partial charge in [0.15, 0.2) is 5.76 Å². The molecule has 3 nitrogen and oxygen atoms in total. The van der Waals surface area contributed by atoms with Gasteiger partial charge in [0.25, 0.3) is 5.91 Å². The first-order valence-corrected chi connectivity index (χ1v) is 8.52. The highest BCUT2D eigenvalue weighted by Crippen LogP contribution is 2.45. The fourth-order valence-corrected chi connectivity index (χ4v) is 4.95. The average molecular weight is 305 g/mol. The second-order valence-corrected chi connectivity index (χ2v) is 7.31. The van der Waals surface area contributed by atoms with Gasteiger partial charge in [-0.15, -0.1) is 23.5 Å². The van der Waals surface area contributed by atoms with E-state index in [-0.39, 0.29) is 5.91 Å². The minimum Gasteiger partial charge on any atom is -0.459 e. The molecule has 2 heterocycles. The Labute approximate surface area is 126 Å². The summed E-state index contributed by atoms with van der Waals surface area (Å²) in [6.07, 6.45) is 1.53. The highest BCUT2D eigenvalue weighted by Gasteiger charge is 2.19. The second-order valence-electron chi connectivity index (χ2n) is 4.59. The number of carbonyl (C=O) groups is 1. The zero-order valence-electron chi connectivity index (χ0n) is 11.1. The van der Waals surface area contributed by atoms with Crippen LogP contribution < -0.4 is 5.32 Å². The van der Waals surface area contributed by atoms with Crippen molar-refractivity contribution in [3.63, 3.8) is 0 Å². The predicted octanol–water partition coefficient (Wildman–Crippen LogP) is 4.32. The molecule has 0 aliphatic carbocycles. The second kappa shape index (κ2) is 5.97. The Kier molecular flexibility index (Phi) is 4.08. The zero-order valence-corrected chi connectivity index (χ0v) is 12.7. The minimum atomic E-state index is -0.198. The highest BCUT2D eigenvalue weighted by molar-refractivity contribution is 8.19. The van der Waals surface area contributed by atoms with E-state index in [0.29, 0.717) is 10.3 Å². The molecule has 0 unspecified atom stereocenters. The summed E-state index contributed by atoms with van der Waals surface area (Å²) in [6, 6.07) is 9.84. The molecule has 1 aliphatic heterocycles. The quantitative estimate of drug-likeness (QED) is 0.917. The summed E-state index contributed by atoms with van der Waals surface area (Å²) in [7, 11) is 0. The lowest BCUT2D eigenvalue weighted by molar-refractivity contribution is 0.0996. The van der Waals surface area contributed by atoms with Gasteiger partial charge in [0.1, 0.15) is 0 Å². The van der Waals surface area contributed by atoms with Crippen LogP contribution in [0.25, 0.3) is 0 Å². The van der Waals surface area contributed by atoms with Crippen LogP contribution in [0.3, 0.4) is 0 Å². The van der Waals surface area contributed by atoms with Crippen LogP contribution in [0.4, 0.5) is 5.69 Å². The summed E-state index contributed by atoms with van der Waals surface area (Å²) >= 11 is 3.91. The molecule has 1 saturated heterocycles. The summed E-state index contributed by atoms with van der Waals surface area (Å²) < 4.78 is 5.69. The molecule has 0 radical (unpaired) electrons. The number of furan rings is 1. The third-order valence-electron chi connectivity index (χ3n) is 3.11. The number of thioether (sulfide) groups is 2. The topological polar surface area (TPSA) is 42.2 Å². The van der Waals surface area contributed by atoms with Crippen molar-refractivity contribution < 1.29 is 9.21 Å². The van der Waals surface area contributed by atoms with Gasteiger partial charge < -0.3 is 9.73 Å². The largest absolute Gasteiger partial charge is 0.459 e. The summed E-state index contributed by atoms with van der Waals surface area (Å²) in [5.41, 5.74) is 2.92. The van der Waals surface area contributed by atoms with Crippen molar-refractivity contribution in [2.45, 2.75) is 11.5 Å². The van der Waals surface area contributed by atoms with Crippen LogP contribution >= 0.6 is 23.5 Å². The monoisotopic (exact) mass is 305 g/mol. The molecule has 1 aromatic carbocycles. The SMILES string of the molecule is Cc1ccoc1C(=O)Nc1cccc(C2SCCS2)c1. The van der Waals surface area contributed by atoms with E-state index < -0.39 is 0 Å². The van der Waals surface area contributed by atoms with Gasteiger partial charge >= 0.3 is 0 Å². The van der Waals surface area contributed by atoms with Gasteiger partial charge in [0.05, 0.1) is 10.8 Å². The van der Waals surface area contributed by atoms with Crippen molar-refractivity contribution in [3.8, 4) is 0 Å². The molecular weight excluding hydrogens is 290 g/mol. The van der Waals surface area contributed by atoms with Gasteiger partial charge in [0, 0.05) is 22.8 Å². The van der Waals surface area contributed by atoms with Gasteiger partial charge in [-0.1, -0.05) is 12.1 Å². The predicted molar refractivity (Wildman–Crippen MR) is 85.5 cm³/mol. The Hall–Kier alpha value is -1.33. The molecule has 1 amide bonds. The molecule has 1 N–H and O–H groups in total. The van der Waals surface area contributed by atoms with Gasteiger partial charge in [-0.3, -0.25) is 4.79 Å². The average Bonchev–Trinajstić information content (AvgIpc) is 3.09. The Balaban J connectivity index is 1.76. The molecule has 0 spiro atoms. The molecule has 0 saturated carbocycles. The van der Waals surface area contributed by atoms with E-state index in [1.165, 1.54) is 23.3 Å². The number of rotatable bonds is 3. The van der Waals surface area contributed by atoms with Crippen LogP contribution in [0.1, 0.15) is 26.3 Å². The summed E-state index contributed by atoms with van der Waals surface area (Å²) in [5.74, 6) is 2.56.